The number of hydrogen-bond donors (Lipinski definition) is 0. The number of carbonyl (C=O) groups is 1. The molecule has 2 atom stereocenters. The Morgan fingerprint density at radius 3 is 3.08 bits per heavy atom. The van der Waals surface area contributed by atoms with E-state index in [9.17, 15) is 4.79 Å². The van der Waals surface area contributed by atoms with Gasteiger partial charge in [0.05, 0.1) is 12.3 Å². The van der Waals surface area contributed by atoms with Crippen LogP contribution in [-0.4, -0.2) is 17.4 Å². The summed E-state index contributed by atoms with van der Waals surface area (Å²) >= 11 is 5.74. The molecule has 0 saturated carbocycles. The molecule has 5 heteroatoms. The van der Waals surface area contributed by atoms with Gasteiger partial charge in [-0.15, -0.1) is 16.7 Å². The van der Waals surface area contributed by atoms with Crippen molar-refractivity contribution < 1.29 is 9.53 Å². The SMILES string of the molecule is CCC(C)OC1=CN=NC(=O)C1Cl. The molecular formula is C8H11ClN2O2. The molecule has 1 rings (SSSR count). The standard InChI is InChI=1S/C8H11ClN2O2/c1-3-5(2)13-6-4-10-11-8(12)7(6)9/h4-5,7H,3H2,1-2H3. The average molecular weight is 203 g/mol. The van der Waals surface area contributed by atoms with Gasteiger partial charge in [-0.25, -0.2) is 0 Å². The summed E-state index contributed by atoms with van der Waals surface area (Å²) in [5, 5.41) is 5.96. The lowest BCUT2D eigenvalue weighted by Crippen LogP contribution is -2.21. The lowest BCUT2D eigenvalue weighted by atomic mass is 10.3. The van der Waals surface area contributed by atoms with Gasteiger partial charge < -0.3 is 4.74 Å². The maximum Gasteiger partial charge on any atom is 0.290 e. The van der Waals surface area contributed by atoms with Crippen LogP contribution in [0.25, 0.3) is 0 Å². The third kappa shape index (κ3) is 2.52. The normalized spacial score (nSPS) is 24.1. The molecule has 0 aromatic carbocycles. The molecule has 0 aromatic rings. The van der Waals surface area contributed by atoms with E-state index in [0.717, 1.165) is 6.42 Å². The summed E-state index contributed by atoms with van der Waals surface area (Å²) in [6, 6.07) is 0. The maximum absolute atomic E-state index is 11.0. The smallest absolute Gasteiger partial charge is 0.290 e. The van der Waals surface area contributed by atoms with Crippen LogP contribution in [0.15, 0.2) is 22.2 Å². The van der Waals surface area contributed by atoms with Crippen LogP contribution < -0.4 is 0 Å². The molecule has 1 aliphatic heterocycles. The molecule has 0 bridgehead atoms. The molecule has 0 fully saturated rings. The molecule has 13 heavy (non-hydrogen) atoms. The number of rotatable bonds is 3. The first-order chi connectivity index (χ1) is 6.15. The van der Waals surface area contributed by atoms with E-state index in [4.69, 9.17) is 16.3 Å². The van der Waals surface area contributed by atoms with Gasteiger partial charge in [0.2, 0.25) is 0 Å². The summed E-state index contributed by atoms with van der Waals surface area (Å²) in [6.45, 7) is 3.89. The van der Waals surface area contributed by atoms with Crippen molar-refractivity contribution in [3.8, 4) is 0 Å². The number of amides is 1. The van der Waals surface area contributed by atoms with Gasteiger partial charge >= 0.3 is 0 Å². The molecule has 1 aliphatic rings. The Kier molecular flexibility index (Phi) is 3.42. The predicted octanol–water partition coefficient (Wildman–Crippen LogP) is 2.24. The highest BCUT2D eigenvalue weighted by Gasteiger charge is 2.25. The first-order valence-corrected chi connectivity index (χ1v) is 4.54. The van der Waals surface area contributed by atoms with Crippen molar-refractivity contribution in [3.63, 3.8) is 0 Å². The molecule has 0 aromatic heterocycles. The average Bonchev–Trinajstić information content (AvgIpc) is 2.13. The van der Waals surface area contributed by atoms with Crippen LogP contribution in [0.1, 0.15) is 20.3 Å². The molecule has 0 N–H and O–H groups in total. The Balaban J connectivity index is 2.63. The van der Waals surface area contributed by atoms with Gasteiger partial charge in [0.1, 0.15) is 5.76 Å². The predicted molar refractivity (Wildman–Crippen MR) is 48.4 cm³/mol. The topological polar surface area (TPSA) is 51.0 Å². The quantitative estimate of drug-likeness (QED) is 0.659. The molecule has 0 aliphatic carbocycles. The van der Waals surface area contributed by atoms with Crippen LogP contribution >= 0.6 is 11.6 Å². The lowest BCUT2D eigenvalue weighted by Gasteiger charge is -2.18. The van der Waals surface area contributed by atoms with Crippen LogP contribution in [0.3, 0.4) is 0 Å². The van der Waals surface area contributed by atoms with Crippen molar-refractivity contribution in [2.24, 2.45) is 10.2 Å². The van der Waals surface area contributed by atoms with Gasteiger partial charge in [-0.3, -0.25) is 4.79 Å². The molecule has 2 unspecified atom stereocenters. The zero-order valence-electron chi connectivity index (χ0n) is 7.53. The molecular weight excluding hydrogens is 192 g/mol. The summed E-state index contributed by atoms with van der Waals surface area (Å²) in [7, 11) is 0. The minimum absolute atomic E-state index is 0.0357. The van der Waals surface area contributed by atoms with Gasteiger partial charge in [-0.05, 0) is 13.3 Å². The fraction of sp³-hybridized carbons (Fsp3) is 0.625. The zero-order chi connectivity index (χ0) is 9.84. The molecule has 72 valence electrons. The minimum atomic E-state index is -0.813. The second-order valence-electron chi connectivity index (χ2n) is 2.78. The van der Waals surface area contributed by atoms with Gasteiger partial charge in [0.25, 0.3) is 5.91 Å². The first kappa shape index (κ1) is 10.2. The van der Waals surface area contributed by atoms with E-state index < -0.39 is 11.3 Å². The Bertz CT molecular complexity index is 263. The second-order valence-corrected chi connectivity index (χ2v) is 3.22. The number of ether oxygens (including phenoxy) is 1. The van der Waals surface area contributed by atoms with E-state index in [1.807, 2.05) is 13.8 Å². The number of alkyl halides is 1. The van der Waals surface area contributed by atoms with Crippen molar-refractivity contribution in [2.75, 3.05) is 0 Å². The van der Waals surface area contributed by atoms with Crippen LogP contribution in [0.2, 0.25) is 0 Å². The summed E-state index contributed by atoms with van der Waals surface area (Å²) in [5.74, 6) is -0.0847. The third-order valence-corrected chi connectivity index (χ3v) is 2.12. The summed E-state index contributed by atoms with van der Waals surface area (Å²) in [6.07, 6.45) is 2.27. The van der Waals surface area contributed by atoms with Crippen molar-refractivity contribution in [1.29, 1.82) is 0 Å². The fourth-order valence-electron chi connectivity index (χ4n) is 0.786. The Labute approximate surface area is 81.6 Å². The third-order valence-electron chi connectivity index (χ3n) is 1.72. The van der Waals surface area contributed by atoms with Gasteiger partial charge in [-0.1, -0.05) is 6.92 Å². The molecule has 1 amide bonds. The highest BCUT2D eigenvalue weighted by Crippen LogP contribution is 2.19. The van der Waals surface area contributed by atoms with E-state index in [1.54, 1.807) is 0 Å². The van der Waals surface area contributed by atoms with E-state index in [0.29, 0.717) is 5.76 Å². The van der Waals surface area contributed by atoms with Crippen molar-refractivity contribution in [3.05, 3.63) is 12.0 Å². The largest absolute Gasteiger partial charge is 0.491 e. The molecule has 0 saturated heterocycles. The Morgan fingerprint density at radius 2 is 2.46 bits per heavy atom. The first-order valence-electron chi connectivity index (χ1n) is 4.10. The number of halogens is 1. The summed E-state index contributed by atoms with van der Waals surface area (Å²) < 4.78 is 5.38. The van der Waals surface area contributed by atoms with E-state index >= 15 is 0 Å². The highest BCUT2D eigenvalue weighted by molar-refractivity contribution is 6.32. The van der Waals surface area contributed by atoms with Gasteiger partial charge in [-0.2, -0.15) is 5.11 Å². The molecule has 1 heterocycles. The number of nitrogens with zero attached hydrogens (tertiary/aromatic N) is 2. The van der Waals surface area contributed by atoms with Gasteiger partial charge in [0, 0.05) is 0 Å². The van der Waals surface area contributed by atoms with Crippen LogP contribution in [0.5, 0.6) is 0 Å². The summed E-state index contributed by atoms with van der Waals surface area (Å²) in [5.41, 5.74) is 0. The summed E-state index contributed by atoms with van der Waals surface area (Å²) in [4.78, 5) is 11.0. The van der Waals surface area contributed by atoms with E-state index in [2.05, 4.69) is 10.2 Å². The minimum Gasteiger partial charge on any atom is -0.491 e. The number of carbonyl (C=O) groups excluding carboxylic acids is 1. The van der Waals surface area contributed by atoms with Crippen LogP contribution in [0, 0.1) is 0 Å². The van der Waals surface area contributed by atoms with E-state index in [1.165, 1.54) is 6.20 Å². The van der Waals surface area contributed by atoms with Crippen LogP contribution in [-0.2, 0) is 9.53 Å². The maximum atomic E-state index is 11.0. The lowest BCUT2D eigenvalue weighted by molar-refractivity contribution is -0.118. The number of hydrogen-bond acceptors (Lipinski definition) is 3. The molecule has 4 nitrogen and oxygen atoms in total. The monoisotopic (exact) mass is 202 g/mol. The second kappa shape index (κ2) is 4.37. The van der Waals surface area contributed by atoms with Crippen molar-refractivity contribution >= 4 is 17.5 Å². The zero-order valence-corrected chi connectivity index (χ0v) is 8.28. The molecule has 0 radical (unpaired) electrons. The van der Waals surface area contributed by atoms with Crippen LogP contribution in [0.4, 0.5) is 0 Å². The Hall–Kier alpha value is -0.900. The van der Waals surface area contributed by atoms with Gasteiger partial charge in [0.15, 0.2) is 5.38 Å². The van der Waals surface area contributed by atoms with Crippen molar-refractivity contribution in [2.45, 2.75) is 31.7 Å². The highest BCUT2D eigenvalue weighted by atomic mass is 35.5. The number of azo groups is 1. The fourth-order valence-corrected chi connectivity index (χ4v) is 0.938. The van der Waals surface area contributed by atoms with E-state index in [-0.39, 0.29) is 6.10 Å². The Morgan fingerprint density at radius 1 is 1.77 bits per heavy atom. The van der Waals surface area contributed by atoms with Crippen molar-refractivity contribution in [1.82, 2.24) is 0 Å². The molecule has 0 spiro atoms.